The van der Waals surface area contributed by atoms with Gasteiger partial charge in [0.05, 0.1) is 6.66 Å². The van der Waals surface area contributed by atoms with Crippen LogP contribution in [0.25, 0.3) is 0 Å². The van der Waals surface area contributed by atoms with E-state index in [1.165, 1.54) is 42.7 Å². The first-order chi connectivity index (χ1) is 12.8. The number of rotatable bonds is 4. The average molecular weight is 359 g/mol. The van der Waals surface area contributed by atoms with Crippen LogP contribution in [0.5, 0.6) is 0 Å². The smallest absolute Gasteiger partial charge is 0.0620 e. The van der Waals surface area contributed by atoms with Gasteiger partial charge in [-0.3, -0.25) is 0 Å². The Morgan fingerprint density at radius 3 is 1.69 bits per heavy atom. The lowest BCUT2D eigenvalue weighted by molar-refractivity contribution is 0.445. The van der Waals surface area contributed by atoms with Crippen molar-refractivity contribution >= 4 is 23.2 Å². The van der Waals surface area contributed by atoms with Crippen LogP contribution < -0.4 is 15.9 Å². The Bertz CT molecular complexity index is 793. The highest BCUT2D eigenvalue weighted by atomic mass is 31.2. The van der Waals surface area contributed by atoms with E-state index in [2.05, 4.69) is 91.6 Å². The molecule has 0 atom stereocenters. The topological polar surface area (TPSA) is 0 Å². The second-order valence-electron chi connectivity index (χ2n) is 7.57. The Kier molecular flexibility index (Phi) is 5.23. The predicted molar refractivity (Wildman–Crippen MR) is 117 cm³/mol. The molecule has 26 heavy (non-hydrogen) atoms. The second-order valence-corrected chi connectivity index (χ2v) is 11.1. The summed E-state index contributed by atoms with van der Waals surface area (Å²) in [6.07, 6.45) is 6.86. The van der Waals surface area contributed by atoms with E-state index in [9.17, 15) is 0 Å². The molecule has 0 saturated heterocycles. The first-order valence-electron chi connectivity index (χ1n) is 9.87. The Morgan fingerprint density at radius 2 is 1.12 bits per heavy atom. The van der Waals surface area contributed by atoms with Crippen LogP contribution in [0.3, 0.4) is 0 Å². The summed E-state index contributed by atoms with van der Waals surface area (Å²) in [5.41, 5.74) is 1.61. The first kappa shape index (κ1) is 17.5. The van der Waals surface area contributed by atoms with E-state index in [1.807, 2.05) is 0 Å². The van der Waals surface area contributed by atoms with E-state index >= 15 is 0 Å². The highest BCUT2D eigenvalue weighted by Crippen LogP contribution is 2.53. The van der Waals surface area contributed by atoms with E-state index in [1.54, 1.807) is 10.9 Å². The lowest BCUT2D eigenvalue weighted by atomic mass is 9.84. The van der Waals surface area contributed by atoms with Crippen LogP contribution in [0, 0.1) is 0 Å². The third kappa shape index (κ3) is 3.24. The summed E-state index contributed by atoms with van der Waals surface area (Å²) in [5.74, 6) is 0.728. The summed E-state index contributed by atoms with van der Waals surface area (Å²) >= 11 is 0. The molecule has 132 valence electrons. The summed E-state index contributed by atoms with van der Waals surface area (Å²) in [4.78, 5) is 0. The molecule has 0 nitrogen and oxygen atoms in total. The molecule has 0 spiro atoms. The number of hydrogen-bond acceptors (Lipinski definition) is 0. The highest BCUT2D eigenvalue weighted by Gasteiger charge is 2.42. The molecule has 4 rings (SSSR count). The Labute approximate surface area is 158 Å². The van der Waals surface area contributed by atoms with Crippen LogP contribution in [-0.2, 0) is 0 Å². The van der Waals surface area contributed by atoms with Gasteiger partial charge < -0.3 is 0 Å². The average Bonchev–Trinajstić information content (AvgIpc) is 2.75. The zero-order valence-corrected chi connectivity index (χ0v) is 16.5. The quantitative estimate of drug-likeness (QED) is 0.528. The third-order valence-corrected chi connectivity index (χ3v) is 10.0. The van der Waals surface area contributed by atoms with Crippen molar-refractivity contribution < 1.29 is 0 Å². The molecule has 1 saturated carbocycles. The number of hydrogen-bond donors (Lipinski definition) is 0. The van der Waals surface area contributed by atoms with Crippen LogP contribution in [0.4, 0.5) is 0 Å². The summed E-state index contributed by atoms with van der Waals surface area (Å²) in [6, 6.07) is 31.7. The zero-order valence-electron chi connectivity index (χ0n) is 15.6. The maximum absolute atomic E-state index is 2.51. The van der Waals surface area contributed by atoms with E-state index < -0.39 is 7.26 Å². The lowest BCUT2D eigenvalue weighted by Crippen LogP contribution is -2.33. The van der Waals surface area contributed by atoms with Crippen molar-refractivity contribution in [2.75, 3.05) is 6.66 Å². The molecule has 1 aliphatic carbocycles. The molecule has 0 aliphatic heterocycles. The van der Waals surface area contributed by atoms with Crippen molar-refractivity contribution in [3.05, 3.63) is 90.5 Å². The third-order valence-electron chi connectivity index (χ3n) is 6.01. The van der Waals surface area contributed by atoms with E-state index in [0.29, 0.717) is 0 Å². The van der Waals surface area contributed by atoms with Gasteiger partial charge in [-0.05, 0) is 54.7 Å². The van der Waals surface area contributed by atoms with Crippen LogP contribution in [0.15, 0.2) is 84.9 Å². The van der Waals surface area contributed by atoms with Gasteiger partial charge in [0, 0.05) is 0 Å². The van der Waals surface area contributed by atoms with Gasteiger partial charge in [0.15, 0.2) is 0 Å². The van der Waals surface area contributed by atoms with Crippen molar-refractivity contribution in [1.29, 1.82) is 0 Å². The standard InChI is InChI=1S/C25H28P/c1-26(22-15-7-3-8-16-22,23-17-9-4-10-18-23)25-20-12-11-19-24(25)21-13-5-2-6-14-21/h3-4,7-12,15-21H,2,5-6,13-14H2,1H3/q+1. The van der Waals surface area contributed by atoms with Crippen LogP contribution in [0.2, 0.25) is 0 Å². The monoisotopic (exact) mass is 359 g/mol. The van der Waals surface area contributed by atoms with Gasteiger partial charge in [-0.25, -0.2) is 0 Å². The predicted octanol–water partition coefficient (Wildman–Crippen LogP) is 5.66. The fraction of sp³-hybridized carbons (Fsp3) is 0.280. The second kappa shape index (κ2) is 7.77. The molecule has 0 bridgehead atoms. The molecule has 0 amide bonds. The number of benzene rings is 3. The van der Waals surface area contributed by atoms with Crippen LogP contribution >= 0.6 is 7.26 Å². The molecule has 1 aliphatic rings. The van der Waals surface area contributed by atoms with Gasteiger partial charge in [-0.2, -0.15) is 0 Å². The lowest BCUT2D eigenvalue weighted by Gasteiger charge is -2.29. The van der Waals surface area contributed by atoms with Crippen LogP contribution in [0.1, 0.15) is 43.6 Å². The molecule has 0 heterocycles. The zero-order chi connectivity index (χ0) is 17.8. The first-order valence-corrected chi connectivity index (χ1v) is 12.1. The van der Waals surface area contributed by atoms with Crippen molar-refractivity contribution in [3.63, 3.8) is 0 Å². The Morgan fingerprint density at radius 1 is 0.615 bits per heavy atom. The molecular formula is C25H28P+. The van der Waals surface area contributed by atoms with Gasteiger partial charge in [0.25, 0.3) is 0 Å². The molecule has 1 fully saturated rings. The fourth-order valence-electron chi connectivity index (χ4n) is 4.53. The molecule has 1 heteroatoms. The summed E-state index contributed by atoms with van der Waals surface area (Å²) in [7, 11) is -1.63. The van der Waals surface area contributed by atoms with Gasteiger partial charge in [-0.1, -0.05) is 73.9 Å². The van der Waals surface area contributed by atoms with Crippen molar-refractivity contribution in [1.82, 2.24) is 0 Å². The van der Waals surface area contributed by atoms with E-state index in [4.69, 9.17) is 0 Å². The van der Waals surface area contributed by atoms with Gasteiger partial charge in [0.2, 0.25) is 0 Å². The maximum Gasteiger partial charge on any atom is 0.109 e. The van der Waals surface area contributed by atoms with E-state index in [-0.39, 0.29) is 0 Å². The maximum atomic E-state index is 2.51. The highest BCUT2D eigenvalue weighted by molar-refractivity contribution is 7.95. The van der Waals surface area contributed by atoms with Gasteiger partial charge in [-0.15, -0.1) is 0 Å². The molecule has 0 radical (unpaired) electrons. The van der Waals surface area contributed by atoms with Crippen molar-refractivity contribution in [2.45, 2.75) is 38.0 Å². The fourth-order valence-corrected chi connectivity index (χ4v) is 8.08. The molecule has 0 N–H and O–H groups in total. The minimum atomic E-state index is -1.63. The van der Waals surface area contributed by atoms with Crippen molar-refractivity contribution in [3.8, 4) is 0 Å². The largest absolute Gasteiger partial charge is 0.109 e. The molecule has 3 aromatic carbocycles. The minimum absolute atomic E-state index is 0.728. The summed E-state index contributed by atoms with van der Waals surface area (Å²) in [5, 5.41) is 4.55. The van der Waals surface area contributed by atoms with Crippen molar-refractivity contribution in [2.24, 2.45) is 0 Å². The Hall–Kier alpha value is -1.91. The van der Waals surface area contributed by atoms with Gasteiger partial charge in [0.1, 0.15) is 23.2 Å². The Balaban J connectivity index is 1.91. The molecule has 0 unspecified atom stereocenters. The normalized spacial score (nSPS) is 15.7. The molecular weight excluding hydrogens is 331 g/mol. The van der Waals surface area contributed by atoms with Gasteiger partial charge >= 0.3 is 0 Å². The van der Waals surface area contributed by atoms with Crippen LogP contribution in [-0.4, -0.2) is 6.66 Å². The molecule has 3 aromatic rings. The minimum Gasteiger partial charge on any atom is -0.0620 e. The summed E-state index contributed by atoms with van der Waals surface area (Å²) < 4.78 is 0. The van der Waals surface area contributed by atoms with E-state index in [0.717, 1.165) is 5.92 Å². The molecule has 0 aromatic heterocycles. The summed E-state index contributed by atoms with van der Waals surface area (Å²) in [6.45, 7) is 2.51. The SMILES string of the molecule is C[P+](c1ccccc1)(c1ccccc1)c1ccccc1C1CCCCC1.